The van der Waals surface area contributed by atoms with Crippen LogP contribution in [0.15, 0.2) is 35.1 Å². The minimum absolute atomic E-state index is 0.0160. The van der Waals surface area contributed by atoms with Gasteiger partial charge in [-0.05, 0) is 31.0 Å². The summed E-state index contributed by atoms with van der Waals surface area (Å²) in [5.41, 5.74) is 7.43. The standard InChI is InChI=1S/C14H16N4O2/c15-12-6-2-5-11(12)13(19)17-10-4-1-3-9(7-10)14-18-16-8-20-14/h1,3-4,7-8,11-12H,2,5-6,15H2,(H,17,19). The number of hydrogen-bond donors (Lipinski definition) is 2. The molecule has 6 heteroatoms. The molecule has 1 amide bonds. The number of amides is 1. The van der Waals surface area contributed by atoms with Gasteiger partial charge < -0.3 is 15.5 Å². The summed E-state index contributed by atoms with van der Waals surface area (Å²) in [5, 5.41) is 10.4. The van der Waals surface area contributed by atoms with Crippen molar-refractivity contribution in [3.8, 4) is 11.5 Å². The lowest BCUT2D eigenvalue weighted by molar-refractivity contribution is -0.120. The maximum Gasteiger partial charge on any atom is 0.247 e. The number of nitrogens with one attached hydrogen (secondary N) is 1. The van der Waals surface area contributed by atoms with Gasteiger partial charge in [-0.3, -0.25) is 4.79 Å². The third kappa shape index (κ3) is 2.55. The molecule has 0 aliphatic heterocycles. The van der Waals surface area contributed by atoms with E-state index in [0.29, 0.717) is 11.6 Å². The van der Waals surface area contributed by atoms with Crippen molar-refractivity contribution in [1.29, 1.82) is 0 Å². The average Bonchev–Trinajstić information content (AvgIpc) is 3.09. The number of benzene rings is 1. The number of rotatable bonds is 3. The highest BCUT2D eigenvalue weighted by molar-refractivity contribution is 5.93. The summed E-state index contributed by atoms with van der Waals surface area (Å²) in [5.74, 6) is 0.318. The molecule has 2 atom stereocenters. The first-order chi connectivity index (χ1) is 9.74. The number of hydrogen-bond acceptors (Lipinski definition) is 5. The van der Waals surface area contributed by atoms with Gasteiger partial charge in [0.25, 0.3) is 0 Å². The predicted octanol–water partition coefficient (Wildman–Crippen LogP) is 1.80. The van der Waals surface area contributed by atoms with Crippen LogP contribution in [0.2, 0.25) is 0 Å². The van der Waals surface area contributed by atoms with E-state index in [4.69, 9.17) is 10.2 Å². The van der Waals surface area contributed by atoms with Crippen LogP contribution in [0.4, 0.5) is 5.69 Å². The fourth-order valence-electron chi connectivity index (χ4n) is 2.58. The summed E-state index contributed by atoms with van der Waals surface area (Å²) in [7, 11) is 0. The van der Waals surface area contributed by atoms with Gasteiger partial charge in [0.05, 0.1) is 5.92 Å². The van der Waals surface area contributed by atoms with Crippen LogP contribution in [0.25, 0.3) is 11.5 Å². The lowest BCUT2D eigenvalue weighted by atomic mass is 10.0. The van der Waals surface area contributed by atoms with Crippen molar-refractivity contribution in [2.24, 2.45) is 11.7 Å². The Balaban J connectivity index is 1.74. The SMILES string of the molecule is NC1CCCC1C(=O)Nc1cccc(-c2nnco2)c1. The average molecular weight is 272 g/mol. The zero-order chi connectivity index (χ0) is 13.9. The van der Waals surface area contributed by atoms with Gasteiger partial charge in [-0.15, -0.1) is 10.2 Å². The fourth-order valence-corrected chi connectivity index (χ4v) is 2.58. The number of nitrogens with two attached hydrogens (primary N) is 1. The lowest BCUT2D eigenvalue weighted by Gasteiger charge is -2.15. The zero-order valence-electron chi connectivity index (χ0n) is 11.0. The number of carbonyl (C=O) groups excluding carboxylic acids is 1. The minimum Gasteiger partial charge on any atom is -0.423 e. The molecule has 0 spiro atoms. The van der Waals surface area contributed by atoms with Crippen LogP contribution in [-0.2, 0) is 4.79 Å². The molecular weight excluding hydrogens is 256 g/mol. The quantitative estimate of drug-likeness (QED) is 0.888. The highest BCUT2D eigenvalue weighted by Crippen LogP contribution is 2.26. The maximum absolute atomic E-state index is 12.2. The first kappa shape index (κ1) is 12.8. The maximum atomic E-state index is 12.2. The molecule has 2 aromatic rings. The third-order valence-corrected chi connectivity index (χ3v) is 3.64. The third-order valence-electron chi connectivity index (χ3n) is 3.64. The molecule has 1 aromatic heterocycles. The largest absolute Gasteiger partial charge is 0.423 e. The van der Waals surface area contributed by atoms with Crippen molar-refractivity contribution in [3.05, 3.63) is 30.7 Å². The van der Waals surface area contributed by atoms with Gasteiger partial charge in [-0.2, -0.15) is 0 Å². The summed E-state index contributed by atoms with van der Waals surface area (Å²) in [6, 6.07) is 7.30. The topological polar surface area (TPSA) is 94.0 Å². The molecule has 0 bridgehead atoms. The molecule has 3 N–H and O–H groups in total. The molecule has 1 aromatic carbocycles. The molecule has 1 heterocycles. The van der Waals surface area contributed by atoms with Crippen LogP contribution in [0.5, 0.6) is 0 Å². The van der Waals surface area contributed by atoms with Crippen LogP contribution < -0.4 is 11.1 Å². The van der Waals surface area contributed by atoms with E-state index in [1.807, 2.05) is 24.3 Å². The van der Waals surface area contributed by atoms with Crippen LogP contribution >= 0.6 is 0 Å². The fraction of sp³-hybridized carbons (Fsp3) is 0.357. The van der Waals surface area contributed by atoms with Crippen molar-refractivity contribution < 1.29 is 9.21 Å². The van der Waals surface area contributed by atoms with Gasteiger partial charge >= 0.3 is 0 Å². The molecule has 6 nitrogen and oxygen atoms in total. The Morgan fingerprint density at radius 2 is 2.30 bits per heavy atom. The Bertz CT molecular complexity index is 597. The van der Waals surface area contributed by atoms with Crippen LogP contribution in [0, 0.1) is 5.92 Å². The van der Waals surface area contributed by atoms with Crippen LogP contribution in [-0.4, -0.2) is 22.1 Å². The molecule has 3 rings (SSSR count). The summed E-state index contributed by atoms with van der Waals surface area (Å²) in [6.45, 7) is 0. The van der Waals surface area contributed by atoms with Gasteiger partial charge in [0, 0.05) is 17.3 Å². The second-order valence-corrected chi connectivity index (χ2v) is 5.02. The minimum atomic E-state index is -0.0953. The Hall–Kier alpha value is -2.21. The van der Waals surface area contributed by atoms with Crippen LogP contribution in [0.3, 0.4) is 0 Å². The Morgan fingerprint density at radius 1 is 1.40 bits per heavy atom. The molecule has 0 radical (unpaired) electrons. The van der Waals surface area contributed by atoms with E-state index < -0.39 is 0 Å². The van der Waals surface area contributed by atoms with Crippen molar-refractivity contribution in [3.63, 3.8) is 0 Å². The highest BCUT2D eigenvalue weighted by atomic mass is 16.4. The van der Waals surface area contributed by atoms with Gasteiger partial charge in [0.1, 0.15) is 0 Å². The lowest BCUT2D eigenvalue weighted by Crippen LogP contribution is -2.34. The van der Waals surface area contributed by atoms with Crippen molar-refractivity contribution in [2.45, 2.75) is 25.3 Å². The van der Waals surface area contributed by atoms with Gasteiger partial charge in [-0.25, -0.2) is 0 Å². The number of aromatic nitrogens is 2. The summed E-state index contributed by atoms with van der Waals surface area (Å²) in [4.78, 5) is 12.2. The molecule has 1 aliphatic carbocycles. The second-order valence-electron chi connectivity index (χ2n) is 5.02. The van der Waals surface area contributed by atoms with Crippen LogP contribution in [0.1, 0.15) is 19.3 Å². The number of anilines is 1. The van der Waals surface area contributed by atoms with E-state index in [0.717, 1.165) is 24.8 Å². The first-order valence-electron chi connectivity index (χ1n) is 6.67. The smallest absolute Gasteiger partial charge is 0.247 e. The molecule has 104 valence electrons. The van der Waals surface area contributed by atoms with Gasteiger partial charge in [-0.1, -0.05) is 12.5 Å². The monoisotopic (exact) mass is 272 g/mol. The summed E-state index contributed by atoms with van der Waals surface area (Å²) in [6.07, 6.45) is 4.07. The molecule has 1 aliphatic rings. The van der Waals surface area contributed by atoms with E-state index in [1.54, 1.807) is 0 Å². The summed E-state index contributed by atoms with van der Waals surface area (Å²) >= 11 is 0. The Labute approximate surface area is 116 Å². The number of carbonyl (C=O) groups is 1. The predicted molar refractivity (Wildman–Crippen MR) is 73.7 cm³/mol. The Morgan fingerprint density at radius 3 is 3.00 bits per heavy atom. The Kier molecular flexibility index (Phi) is 3.47. The summed E-state index contributed by atoms with van der Waals surface area (Å²) < 4.78 is 5.14. The normalized spacial score (nSPS) is 21.9. The van der Waals surface area contributed by atoms with Crippen molar-refractivity contribution in [1.82, 2.24) is 10.2 Å². The van der Waals surface area contributed by atoms with Gasteiger partial charge in [0.2, 0.25) is 18.2 Å². The van der Waals surface area contributed by atoms with Crippen molar-refractivity contribution >= 4 is 11.6 Å². The van der Waals surface area contributed by atoms with E-state index >= 15 is 0 Å². The molecule has 20 heavy (non-hydrogen) atoms. The molecule has 1 fully saturated rings. The van der Waals surface area contributed by atoms with E-state index in [-0.39, 0.29) is 17.9 Å². The molecular formula is C14H16N4O2. The van der Waals surface area contributed by atoms with E-state index in [9.17, 15) is 4.79 Å². The first-order valence-corrected chi connectivity index (χ1v) is 6.67. The van der Waals surface area contributed by atoms with Gasteiger partial charge in [0.15, 0.2) is 0 Å². The second kappa shape index (κ2) is 5.42. The molecule has 1 saturated carbocycles. The highest BCUT2D eigenvalue weighted by Gasteiger charge is 2.30. The molecule has 2 unspecified atom stereocenters. The van der Waals surface area contributed by atoms with Crippen molar-refractivity contribution in [2.75, 3.05) is 5.32 Å². The van der Waals surface area contributed by atoms with E-state index in [1.165, 1.54) is 6.39 Å². The number of nitrogens with zero attached hydrogens (tertiary/aromatic N) is 2. The molecule has 0 saturated heterocycles. The zero-order valence-corrected chi connectivity index (χ0v) is 11.0. The van der Waals surface area contributed by atoms with E-state index in [2.05, 4.69) is 15.5 Å².